The Balaban J connectivity index is 2.70. The monoisotopic (exact) mass is 209 g/mol. The quantitative estimate of drug-likeness (QED) is 0.655. The van der Waals surface area contributed by atoms with E-state index in [1.807, 2.05) is 0 Å². The molecule has 1 aromatic rings. The lowest BCUT2D eigenvalue weighted by Gasteiger charge is -2.15. The fourth-order valence-electron chi connectivity index (χ4n) is 1.90. The van der Waals surface area contributed by atoms with E-state index in [4.69, 9.17) is 4.74 Å². The van der Waals surface area contributed by atoms with E-state index in [1.165, 1.54) is 17.8 Å². The molecule has 15 heavy (non-hydrogen) atoms. The van der Waals surface area contributed by atoms with E-state index >= 15 is 0 Å². The normalized spacial score (nSPS) is 13.1. The van der Waals surface area contributed by atoms with Crippen LogP contribution >= 0.6 is 0 Å². The van der Waals surface area contributed by atoms with Gasteiger partial charge in [0.25, 0.3) is 0 Å². The molecule has 0 radical (unpaired) electrons. The summed E-state index contributed by atoms with van der Waals surface area (Å²) in [6, 6.07) is 4.48. The molecule has 0 fully saturated rings. The van der Waals surface area contributed by atoms with E-state index in [-0.39, 0.29) is 0 Å². The van der Waals surface area contributed by atoms with Gasteiger partial charge in [0.05, 0.1) is 0 Å². The molecule has 1 rings (SSSR count). The molecular weight excluding hydrogens is 186 g/mol. The Morgan fingerprint density at radius 3 is 2.73 bits per heavy atom. The van der Waals surface area contributed by atoms with Crippen LogP contribution in [-0.4, -0.2) is 18.3 Å². The molecule has 0 amide bonds. The predicted molar refractivity (Wildman–Crippen MR) is 64.4 cm³/mol. The molecule has 86 valence electrons. The van der Waals surface area contributed by atoms with Crippen LogP contribution in [0, 0.1) is 6.92 Å². The van der Waals surface area contributed by atoms with Crippen LogP contribution in [0.3, 0.4) is 0 Å². The van der Waals surface area contributed by atoms with Gasteiger partial charge in [0, 0.05) is 31.6 Å². The number of hydrogen-bond acceptors (Lipinski definition) is 1. The largest absolute Gasteiger partial charge is 0.385 e. The van der Waals surface area contributed by atoms with Gasteiger partial charge in [-0.25, -0.2) is 0 Å². The van der Waals surface area contributed by atoms with Gasteiger partial charge < -0.3 is 9.30 Å². The van der Waals surface area contributed by atoms with Crippen molar-refractivity contribution in [2.45, 2.75) is 46.1 Å². The Morgan fingerprint density at radius 1 is 1.40 bits per heavy atom. The molecule has 2 nitrogen and oxygen atoms in total. The summed E-state index contributed by atoms with van der Waals surface area (Å²) in [6.45, 7) is 8.64. The van der Waals surface area contributed by atoms with Gasteiger partial charge in [0.15, 0.2) is 0 Å². The number of aryl methyl sites for hydroxylation is 1. The third kappa shape index (κ3) is 3.10. The van der Waals surface area contributed by atoms with Crippen molar-refractivity contribution >= 4 is 0 Å². The second kappa shape index (κ2) is 5.96. The summed E-state index contributed by atoms with van der Waals surface area (Å²) in [5.74, 6) is 0.654. The highest BCUT2D eigenvalue weighted by Crippen LogP contribution is 2.21. The summed E-state index contributed by atoms with van der Waals surface area (Å²) in [5, 5.41) is 0. The highest BCUT2D eigenvalue weighted by atomic mass is 16.5. The second-order valence-electron chi connectivity index (χ2n) is 4.21. The van der Waals surface area contributed by atoms with Crippen molar-refractivity contribution in [2.24, 2.45) is 0 Å². The number of hydrogen-bond donors (Lipinski definition) is 0. The molecule has 0 aliphatic carbocycles. The highest BCUT2D eigenvalue weighted by molar-refractivity contribution is 5.18. The van der Waals surface area contributed by atoms with Gasteiger partial charge in [-0.05, 0) is 37.8 Å². The predicted octanol–water partition coefficient (Wildman–Crippen LogP) is 3.35. The van der Waals surface area contributed by atoms with Crippen LogP contribution in [0.4, 0.5) is 0 Å². The fraction of sp³-hybridized carbons (Fsp3) is 0.692. The summed E-state index contributed by atoms with van der Waals surface area (Å²) >= 11 is 0. The first kappa shape index (κ1) is 12.3. The Labute approximate surface area is 93.2 Å². The number of rotatable bonds is 6. The van der Waals surface area contributed by atoms with Crippen molar-refractivity contribution in [3.63, 3.8) is 0 Å². The van der Waals surface area contributed by atoms with E-state index in [1.54, 1.807) is 7.11 Å². The lowest BCUT2D eigenvalue weighted by Crippen LogP contribution is -2.09. The summed E-state index contributed by atoms with van der Waals surface area (Å²) in [7, 11) is 1.76. The summed E-state index contributed by atoms with van der Waals surface area (Å²) < 4.78 is 7.52. The van der Waals surface area contributed by atoms with Crippen molar-refractivity contribution < 1.29 is 4.74 Å². The fourth-order valence-corrected chi connectivity index (χ4v) is 1.90. The van der Waals surface area contributed by atoms with Crippen LogP contribution in [0.1, 0.15) is 44.0 Å². The third-order valence-electron chi connectivity index (χ3n) is 3.08. The topological polar surface area (TPSA) is 14.2 Å². The lowest BCUT2D eigenvalue weighted by molar-refractivity contribution is 0.189. The minimum atomic E-state index is 0.654. The lowest BCUT2D eigenvalue weighted by atomic mass is 10.1. The maximum atomic E-state index is 5.09. The summed E-state index contributed by atoms with van der Waals surface area (Å²) in [5.41, 5.74) is 2.83. The molecule has 0 saturated carbocycles. The Morgan fingerprint density at radius 2 is 2.13 bits per heavy atom. The van der Waals surface area contributed by atoms with Crippen molar-refractivity contribution in [2.75, 3.05) is 13.7 Å². The van der Waals surface area contributed by atoms with E-state index in [9.17, 15) is 0 Å². The zero-order chi connectivity index (χ0) is 11.3. The van der Waals surface area contributed by atoms with Crippen molar-refractivity contribution in [3.05, 3.63) is 23.5 Å². The van der Waals surface area contributed by atoms with Crippen LogP contribution in [0.5, 0.6) is 0 Å². The van der Waals surface area contributed by atoms with Crippen LogP contribution < -0.4 is 0 Å². The molecule has 0 aromatic carbocycles. The van der Waals surface area contributed by atoms with Crippen molar-refractivity contribution in [1.82, 2.24) is 4.57 Å². The third-order valence-corrected chi connectivity index (χ3v) is 3.08. The van der Waals surface area contributed by atoms with E-state index in [2.05, 4.69) is 37.5 Å². The van der Waals surface area contributed by atoms with Gasteiger partial charge in [-0.3, -0.25) is 0 Å². The Bertz CT molecular complexity index is 291. The molecule has 1 aromatic heterocycles. The average Bonchev–Trinajstić information content (AvgIpc) is 2.60. The van der Waals surface area contributed by atoms with Gasteiger partial charge >= 0.3 is 0 Å². The summed E-state index contributed by atoms with van der Waals surface area (Å²) in [6.07, 6.45) is 2.29. The molecule has 1 atom stereocenters. The smallest absolute Gasteiger partial charge is 0.0479 e. The molecule has 0 aliphatic rings. The zero-order valence-electron chi connectivity index (χ0n) is 10.4. The van der Waals surface area contributed by atoms with Gasteiger partial charge in [-0.2, -0.15) is 0 Å². The van der Waals surface area contributed by atoms with Crippen molar-refractivity contribution in [3.8, 4) is 0 Å². The maximum Gasteiger partial charge on any atom is 0.0479 e. The number of aromatic nitrogens is 1. The molecule has 0 aliphatic heterocycles. The van der Waals surface area contributed by atoms with Crippen LogP contribution in [0.15, 0.2) is 12.1 Å². The SMILES string of the molecule is CCC(C)c1ccc(C)n1CCCOC. The minimum absolute atomic E-state index is 0.654. The van der Waals surface area contributed by atoms with Gasteiger partial charge in [0.1, 0.15) is 0 Å². The first-order valence-electron chi connectivity index (χ1n) is 5.85. The maximum absolute atomic E-state index is 5.09. The van der Waals surface area contributed by atoms with Crippen LogP contribution in [0.2, 0.25) is 0 Å². The Kier molecular flexibility index (Phi) is 4.89. The van der Waals surface area contributed by atoms with Crippen LogP contribution in [-0.2, 0) is 11.3 Å². The van der Waals surface area contributed by atoms with Crippen molar-refractivity contribution in [1.29, 1.82) is 0 Å². The van der Waals surface area contributed by atoms with Gasteiger partial charge in [0.2, 0.25) is 0 Å². The standard InChI is InChI=1S/C13H23NO/c1-5-11(2)13-8-7-12(3)14(13)9-6-10-15-4/h7-8,11H,5-6,9-10H2,1-4H3. The molecule has 0 spiro atoms. The minimum Gasteiger partial charge on any atom is -0.385 e. The van der Waals surface area contributed by atoms with Crippen LogP contribution in [0.25, 0.3) is 0 Å². The number of methoxy groups -OCH3 is 1. The first-order valence-corrected chi connectivity index (χ1v) is 5.85. The number of ether oxygens (including phenoxy) is 1. The summed E-state index contributed by atoms with van der Waals surface area (Å²) in [4.78, 5) is 0. The van der Waals surface area contributed by atoms with Gasteiger partial charge in [-0.1, -0.05) is 13.8 Å². The molecule has 1 unspecified atom stereocenters. The highest BCUT2D eigenvalue weighted by Gasteiger charge is 2.10. The molecule has 0 saturated heterocycles. The average molecular weight is 209 g/mol. The molecule has 2 heteroatoms. The molecule has 0 N–H and O–H groups in total. The molecular formula is C13H23NO. The van der Waals surface area contributed by atoms with E-state index in [0.717, 1.165) is 19.6 Å². The first-order chi connectivity index (χ1) is 7.20. The van der Waals surface area contributed by atoms with E-state index < -0.39 is 0 Å². The van der Waals surface area contributed by atoms with Gasteiger partial charge in [-0.15, -0.1) is 0 Å². The van der Waals surface area contributed by atoms with E-state index in [0.29, 0.717) is 5.92 Å². The second-order valence-corrected chi connectivity index (χ2v) is 4.21. The molecule has 1 heterocycles. The number of nitrogens with zero attached hydrogens (tertiary/aromatic N) is 1. The Hall–Kier alpha value is -0.760. The molecule has 0 bridgehead atoms. The zero-order valence-corrected chi connectivity index (χ0v) is 10.4.